The summed E-state index contributed by atoms with van der Waals surface area (Å²) in [6.45, 7) is 2.05. The lowest BCUT2D eigenvalue weighted by Crippen LogP contribution is -2.09. The fourth-order valence-corrected chi connectivity index (χ4v) is 3.50. The molecular formula is C21H16ClN7. The Morgan fingerprint density at radius 2 is 1.97 bits per heavy atom. The second-order valence-corrected chi connectivity index (χ2v) is 7.18. The van der Waals surface area contributed by atoms with Gasteiger partial charge in [0.2, 0.25) is 5.95 Å². The Morgan fingerprint density at radius 1 is 1.03 bits per heavy atom. The third-order valence-corrected chi connectivity index (χ3v) is 5.03. The molecule has 5 aromatic rings. The Bertz CT molecular complexity index is 1330. The molecule has 8 heteroatoms. The summed E-state index contributed by atoms with van der Waals surface area (Å²) in [5, 5.41) is 12.8. The van der Waals surface area contributed by atoms with Gasteiger partial charge in [-0.25, -0.2) is 19.9 Å². The summed E-state index contributed by atoms with van der Waals surface area (Å²) >= 11 is 6.09. The fourth-order valence-electron chi connectivity index (χ4n) is 3.30. The van der Waals surface area contributed by atoms with Crippen LogP contribution in [0.15, 0.2) is 61.2 Å². The predicted molar refractivity (Wildman–Crippen MR) is 114 cm³/mol. The second kappa shape index (κ2) is 7.10. The Labute approximate surface area is 171 Å². The van der Waals surface area contributed by atoms with Gasteiger partial charge in [0.05, 0.1) is 28.8 Å². The van der Waals surface area contributed by atoms with Crippen LogP contribution in [0, 0.1) is 0 Å². The van der Waals surface area contributed by atoms with Crippen molar-refractivity contribution >= 4 is 39.5 Å². The molecule has 5 rings (SSSR count). The van der Waals surface area contributed by atoms with Crippen LogP contribution in [0.3, 0.4) is 0 Å². The van der Waals surface area contributed by atoms with E-state index in [1.54, 1.807) is 6.20 Å². The third kappa shape index (κ3) is 3.36. The maximum atomic E-state index is 6.09. The summed E-state index contributed by atoms with van der Waals surface area (Å²) in [6.07, 6.45) is 5.07. The average Bonchev–Trinajstić information content (AvgIpc) is 3.22. The topological polar surface area (TPSA) is 92.3 Å². The van der Waals surface area contributed by atoms with Gasteiger partial charge >= 0.3 is 0 Å². The molecule has 2 N–H and O–H groups in total. The van der Waals surface area contributed by atoms with E-state index in [9.17, 15) is 0 Å². The van der Waals surface area contributed by atoms with Gasteiger partial charge in [0, 0.05) is 22.2 Å². The van der Waals surface area contributed by atoms with Crippen molar-refractivity contribution in [1.29, 1.82) is 0 Å². The van der Waals surface area contributed by atoms with E-state index in [2.05, 4.69) is 35.5 Å². The maximum absolute atomic E-state index is 6.09. The minimum Gasteiger partial charge on any atom is -0.348 e. The monoisotopic (exact) mass is 401 g/mol. The Morgan fingerprint density at radius 3 is 2.86 bits per heavy atom. The number of aromatic amines is 1. The lowest BCUT2D eigenvalue weighted by molar-refractivity contribution is 0.864. The number of H-pyrrole nitrogens is 1. The van der Waals surface area contributed by atoms with E-state index in [-0.39, 0.29) is 6.04 Å². The number of hydrogen-bond donors (Lipinski definition) is 2. The highest BCUT2D eigenvalue weighted by atomic mass is 35.5. The highest BCUT2D eigenvalue weighted by molar-refractivity contribution is 6.30. The van der Waals surface area contributed by atoms with Crippen molar-refractivity contribution in [3.63, 3.8) is 0 Å². The van der Waals surface area contributed by atoms with E-state index in [0.717, 1.165) is 33.1 Å². The molecule has 0 saturated heterocycles. The maximum Gasteiger partial charge on any atom is 0.223 e. The molecule has 0 saturated carbocycles. The molecule has 142 valence electrons. The molecule has 0 amide bonds. The molecule has 0 aliphatic carbocycles. The molecule has 0 bridgehead atoms. The normalized spacial score (nSPS) is 12.3. The largest absolute Gasteiger partial charge is 0.348 e. The zero-order chi connectivity index (χ0) is 19.8. The van der Waals surface area contributed by atoms with Crippen molar-refractivity contribution in [2.24, 2.45) is 0 Å². The molecule has 29 heavy (non-hydrogen) atoms. The summed E-state index contributed by atoms with van der Waals surface area (Å²) in [4.78, 5) is 17.7. The molecule has 3 aromatic heterocycles. The van der Waals surface area contributed by atoms with Gasteiger partial charge in [0.25, 0.3) is 0 Å². The summed E-state index contributed by atoms with van der Waals surface area (Å²) < 4.78 is 0. The van der Waals surface area contributed by atoms with Gasteiger partial charge in [-0.2, -0.15) is 5.10 Å². The van der Waals surface area contributed by atoms with Crippen molar-refractivity contribution in [2.75, 3.05) is 5.32 Å². The molecule has 7 nitrogen and oxygen atoms in total. The van der Waals surface area contributed by atoms with E-state index in [1.165, 1.54) is 6.33 Å². The fraction of sp³-hybridized carbons (Fsp3) is 0.0952. The van der Waals surface area contributed by atoms with Crippen LogP contribution in [-0.2, 0) is 0 Å². The molecule has 0 radical (unpaired) electrons. The van der Waals surface area contributed by atoms with Crippen LogP contribution in [-0.4, -0.2) is 30.1 Å². The molecule has 2 aromatic carbocycles. The quantitative estimate of drug-likeness (QED) is 0.449. The summed E-state index contributed by atoms with van der Waals surface area (Å²) in [7, 11) is 0. The van der Waals surface area contributed by atoms with Gasteiger partial charge in [-0.05, 0) is 36.8 Å². The van der Waals surface area contributed by atoms with E-state index in [1.807, 2.05) is 55.6 Å². The van der Waals surface area contributed by atoms with Gasteiger partial charge in [-0.3, -0.25) is 5.10 Å². The van der Waals surface area contributed by atoms with Crippen molar-refractivity contribution in [3.8, 4) is 11.3 Å². The molecule has 1 atom stereocenters. The molecule has 0 unspecified atom stereocenters. The average molecular weight is 402 g/mol. The summed E-state index contributed by atoms with van der Waals surface area (Å²) in [5.41, 5.74) is 4.41. The van der Waals surface area contributed by atoms with Crippen LogP contribution < -0.4 is 5.32 Å². The van der Waals surface area contributed by atoms with Crippen LogP contribution in [0.5, 0.6) is 0 Å². The number of nitrogens with zero attached hydrogens (tertiary/aromatic N) is 5. The zero-order valence-electron chi connectivity index (χ0n) is 15.5. The number of fused-ring (bicyclic) bond motifs is 2. The first kappa shape index (κ1) is 17.5. The number of benzene rings is 2. The van der Waals surface area contributed by atoms with E-state index >= 15 is 0 Å². The number of halogens is 1. The minimum absolute atomic E-state index is 0.0285. The number of hydrogen-bond acceptors (Lipinski definition) is 6. The zero-order valence-corrected chi connectivity index (χ0v) is 16.2. The van der Waals surface area contributed by atoms with Crippen molar-refractivity contribution in [2.45, 2.75) is 13.0 Å². The highest BCUT2D eigenvalue weighted by Gasteiger charge is 2.11. The molecule has 0 fully saturated rings. The standard InChI is InChI=1S/C21H16ClN7/c1-12(13-3-2-4-16(22)8-13)27-21-23-9-15-7-14(5-6-18(15)28-21)19-17-10-26-29-20(17)25-11-24-19/h2-12H,1H3,(H,23,27,28)(H,24,25,26,29)/t12-/m1/s1. The third-order valence-electron chi connectivity index (χ3n) is 4.80. The van der Waals surface area contributed by atoms with E-state index < -0.39 is 0 Å². The predicted octanol–water partition coefficient (Wildman–Crippen LogP) is 4.79. The first-order valence-corrected chi connectivity index (χ1v) is 9.48. The van der Waals surface area contributed by atoms with Gasteiger partial charge in [-0.15, -0.1) is 0 Å². The number of anilines is 1. The van der Waals surface area contributed by atoms with Gasteiger partial charge in [0.1, 0.15) is 6.33 Å². The number of rotatable bonds is 4. The first-order chi connectivity index (χ1) is 14.2. The van der Waals surface area contributed by atoms with Crippen LogP contribution in [0.25, 0.3) is 33.2 Å². The number of nitrogens with one attached hydrogen (secondary N) is 2. The summed E-state index contributed by atoms with van der Waals surface area (Å²) in [5.74, 6) is 0.567. The Balaban J connectivity index is 1.46. The van der Waals surface area contributed by atoms with Crippen molar-refractivity contribution < 1.29 is 0 Å². The molecular weight excluding hydrogens is 386 g/mol. The SMILES string of the molecule is C[C@@H](Nc1ncc2cc(-c3ncnc4[nH]ncc34)ccc2n1)c1cccc(Cl)c1. The Kier molecular flexibility index (Phi) is 4.29. The lowest BCUT2D eigenvalue weighted by atomic mass is 10.1. The molecule has 3 heterocycles. The smallest absolute Gasteiger partial charge is 0.223 e. The molecule has 0 spiro atoms. The van der Waals surface area contributed by atoms with Crippen LogP contribution in [0.4, 0.5) is 5.95 Å². The van der Waals surface area contributed by atoms with Gasteiger partial charge in [-0.1, -0.05) is 29.8 Å². The second-order valence-electron chi connectivity index (χ2n) is 6.74. The van der Waals surface area contributed by atoms with Crippen molar-refractivity contribution in [3.05, 3.63) is 71.8 Å². The van der Waals surface area contributed by atoms with Gasteiger partial charge < -0.3 is 5.32 Å². The Hall–Kier alpha value is -3.58. The van der Waals surface area contributed by atoms with Gasteiger partial charge in [0.15, 0.2) is 5.65 Å². The van der Waals surface area contributed by atoms with Crippen LogP contribution in [0.2, 0.25) is 5.02 Å². The minimum atomic E-state index is 0.0285. The van der Waals surface area contributed by atoms with E-state index in [0.29, 0.717) is 16.6 Å². The number of aromatic nitrogens is 6. The molecule has 0 aliphatic heterocycles. The van der Waals surface area contributed by atoms with Crippen LogP contribution in [0.1, 0.15) is 18.5 Å². The van der Waals surface area contributed by atoms with E-state index in [4.69, 9.17) is 11.6 Å². The first-order valence-electron chi connectivity index (χ1n) is 9.10. The highest BCUT2D eigenvalue weighted by Crippen LogP contribution is 2.27. The summed E-state index contributed by atoms with van der Waals surface area (Å²) in [6, 6.07) is 13.8. The lowest BCUT2D eigenvalue weighted by Gasteiger charge is -2.15. The van der Waals surface area contributed by atoms with Crippen LogP contribution >= 0.6 is 11.6 Å². The van der Waals surface area contributed by atoms with Crippen molar-refractivity contribution in [1.82, 2.24) is 30.1 Å². The molecule has 0 aliphatic rings.